The van der Waals surface area contributed by atoms with Gasteiger partial charge in [-0.2, -0.15) is 8.42 Å². The van der Waals surface area contributed by atoms with E-state index < -0.39 is 116 Å². The molecule has 0 spiro atoms. The lowest BCUT2D eigenvalue weighted by atomic mass is 10.3. The van der Waals surface area contributed by atoms with Crippen LogP contribution < -0.4 is 0 Å². The van der Waals surface area contributed by atoms with Crippen LogP contribution in [0.1, 0.15) is 0 Å². The van der Waals surface area contributed by atoms with Crippen LogP contribution in [0.2, 0.25) is 0 Å². The Morgan fingerprint density at radius 1 is 0.440 bits per heavy atom. The maximum absolute atomic E-state index is 13.6. The van der Waals surface area contributed by atoms with Gasteiger partial charge < -0.3 is 0 Å². The number of rotatable bonds is 10. The minimum atomic E-state index is -4.65. The Morgan fingerprint density at radius 2 is 0.740 bits per heavy atom. The van der Waals surface area contributed by atoms with Crippen molar-refractivity contribution >= 4 is 69.2 Å². The largest absolute Gasteiger partial charge is 0.294 e. The predicted octanol–water partition coefficient (Wildman–Crippen LogP) is 3.51. The van der Waals surface area contributed by atoms with Crippen LogP contribution in [0.15, 0.2) is 114 Å². The second kappa shape index (κ2) is 14.7. The normalized spacial score (nSPS) is 12.9. The maximum Gasteiger partial charge on any atom is 0.294 e. The van der Waals surface area contributed by atoms with Crippen molar-refractivity contribution in [1.29, 1.82) is 0 Å². The summed E-state index contributed by atoms with van der Waals surface area (Å²) >= 11 is 0. The molecule has 24 heteroatoms. The van der Waals surface area contributed by atoms with Gasteiger partial charge in [0.1, 0.15) is 33.1 Å². The summed E-state index contributed by atoms with van der Waals surface area (Å²) in [6.45, 7) is 0. The van der Waals surface area contributed by atoms with Crippen molar-refractivity contribution in [2.45, 2.75) is 29.4 Å². The van der Waals surface area contributed by atoms with Crippen LogP contribution in [0.25, 0.3) is 0 Å². The fraction of sp³-hybridized carbons (Fsp3) is 0.0769. The summed E-state index contributed by atoms with van der Waals surface area (Å²) in [5.74, 6) is -4.90. The van der Waals surface area contributed by atoms with Gasteiger partial charge in [-0.25, -0.2) is 59.7 Å². The van der Waals surface area contributed by atoms with E-state index in [1.54, 1.807) is 0 Å². The first-order valence-corrected chi connectivity index (χ1v) is 22.9. The standard InChI is InChI=1S/C13H9ClF2O6S3.C13H10F2O7S3/c14-25(21,22)11-4-2-10(3-5-11)23(17,18)8-24(19,20)13-6-1-9(15)7-12(13)16;14-9-1-6-13(12(15)7-9)24(18,19)8-23(16,17)10-2-4-11(5-3-10)25(20,21)22/h1-7H,8H2;1-7H,8H2,(H,20,21,22). The van der Waals surface area contributed by atoms with E-state index in [-0.39, 0.29) is 4.90 Å². The van der Waals surface area contributed by atoms with Gasteiger partial charge in [-0.1, -0.05) is 0 Å². The van der Waals surface area contributed by atoms with Gasteiger partial charge in [-0.05, 0) is 72.8 Å². The number of hydrogen-bond acceptors (Lipinski definition) is 12. The molecule has 13 nitrogen and oxygen atoms in total. The molecule has 0 unspecified atom stereocenters. The van der Waals surface area contributed by atoms with Gasteiger partial charge >= 0.3 is 0 Å². The fourth-order valence-electron chi connectivity index (χ4n) is 3.75. The monoisotopic (exact) mass is 842 g/mol. The van der Waals surface area contributed by atoms with Crippen LogP contribution in [-0.4, -0.2) is 65.2 Å². The highest BCUT2D eigenvalue weighted by atomic mass is 35.7. The molecule has 0 aromatic heterocycles. The Labute approximate surface area is 288 Å². The highest BCUT2D eigenvalue weighted by molar-refractivity contribution is 8.13. The zero-order chi connectivity index (χ0) is 38.1. The van der Waals surface area contributed by atoms with Crippen molar-refractivity contribution in [2.75, 3.05) is 10.2 Å². The van der Waals surface area contributed by atoms with E-state index in [1.165, 1.54) is 0 Å². The van der Waals surface area contributed by atoms with Crippen LogP contribution in [0.4, 0.5) is 17.6 Å². The summed E-state index contributed by atoms with van der Waals surface area (Å²) in [5, 5.41) is -2.98. The van der Waals surface area contributed by atoms with Gasteiger partial charge in [0.25, 0.3) is 19.2 Å². The van der Waals surface area contributed by atoms with Crippen LogP contribution in [0, 0.1) is 23.3 Å². The summed E-state index contributed by atoms with van der Waals surface area (Å²) in [6, 6.07) is 9.83. The van der Waals surface area contributed by atoms with Crippen molar-refractivity contribution < 1.29 is 72.6 Å². The molecule has 0 aliphatic rings. The van der Waals surface area contributed by atoms with Crippen molar-refractivity contribution in [3.8, 4) is 0 Å². The Balaban J connectivity index is 0.000000270. The summed E-state index contributed by atoms with van der Waals surface area (Å²) in [6.07, 6.45) is 0. The zero-order valence-electron chi connectivity index (χ0n) is 24.2. The highest BCUT2D eigenvalue weighted by Gasteiger charge is 2.30. The molecule has 4 aromatic carbocycles. The topological polar surface area (TPSA) is 225 Å². The third-order valence-electron chi connectivity index (χ3n) is 6.02. The molecular formula is C26H19ClF4O13S6. The predicted molar refractivity (Wildman–Crippen MR) is 167 cm³/mol. The quantitative estimate of drug-likeness (QED) is 0.105. The van der Waals surface area contributed by atoms with E-state index in [2.05, 4.69) is 0 Å². The van der Waals surface area contributed by atoms with Gasteiger partial charge in [0.15, 0.2) is 49.5 Å². The molecule has 1 N–H and O–H groups in total. The lowest BCUT2D eigenvalue weighted by Gasteiger charge is -2.08. The molecule has 272 valence electrons. The van der Waals surface area contributed by atoms with Gasteiger partial charge in [0.05, 0.1) is 19.6 Å². The van der Waals surface area contributed by atoms with E-state index in [4.69, 9.17) is 15.2 Å². The molecule has 0 saturated heterocycles. The molecular weight excluding hydrogens is 824 g/mol. The molecule has 4 aromatic rings. The molecule has 0 aliphatic carbocycles. The minimum Gasteiger partial charge on any atom is -0.282 e. The summed E-state index contributed by atoms with van der Waals surface area (Å²) in [7, 11) is -21.7. The molecule has 0 aliphatic heterocycles. The molecule has 0 atom stereocenters. The van der Waals surface area contributed by atoms with Crippen molar-refractivity contribution in [3.63, 3.8) is 0 Å². The van der Waals surface area contributed by atoms with E-state index in [0.29, 0.717) is 36.4 Å². The lowest BCUT2D eigenvalue weighted by molar-refractivity contribution is 0.483. The van der Waals surface area contributed by atoms with Crippen LogP contribution in [0.5, 0.6) is 0 Å². The SMILES string of the molecule is O=S(=O)(Cl)c1ccc(S(=O)(=O)CS(=O)(=O)c2ccc(F)cc2F)cc1.O=S(=O)(O)c1ccc(S(=O)(=O)CS(=O)(=O)c2ccc(F)cc2F)cc1. The number of sulfone groups is 4. The molecule has 0 saturated carbocycles. The summed E-state index contributed by atoms with van der Waals surface area (Å²) in [5.41, 5.74) is 0. The van der Waals surface area contributed by atoms with Crippen molar-refractivity contribution in [2.24, 2.45) is 0 Å². The van der Waals surface area contributed by atoms with Crippen molar-refractivity contribution in [1.82, 2.24) is 0 Å². The zero-order valence-corrected chi connectivity index (χ0v) is 29.8. The number of hydrogen-bond donors (Lipinski definition) is 1. The van der Waals surface area contributed by atoms with Crippen LogP contribution in [-0.2, 0) is 58.5 Å². The first kappa shape index (κ1) is 41.0. The first-order chi connectivity index (χ1) is 22.7. The Hall–Kier alpha value is -3.45. The average molecular weight is 843 g/mol. The Kier molecular flexibility index (Phi) is 12.0. The maximum atomic E-state index is 13.6. The van der Waals surface area contributed by atoms with E-state index in [9.17, 15) is 68.1 Å². The average Bonchev–Trinajstić information content (AvgIpc) is 2.95. The first-order valence-electron chi connectivity index (χ1n) is 12.6. The Morgan fingerprint density at radius 3 is 1.02 bits per heavy atom. The van der Waals surface area contributed by atoms with Gasteiger partial charge in [0, 0.05) is 22.8 Å². The smallest absolute Gasteiger partial charge is 0.282 e. The van der Waals surface area contributed by atoms with Crippen LogP contribution >= 0.6 is 10.7 Å². The lowest BCUT2D eigenvalue weighted by Crippen LogP contribution is -2.18. The second-order valence-corrected chi connectivity index (χ2v) is 22.3. The molecule has 4 rings (SSSR count). The van der Waals surface area contributed by atoms with Gasteiger partial charge in [-0.3, -0.25) is 4.55 Å². The van der Waals surface area contributed by atoms with E-state index >= 15 is 0 Å². The molecule has 0 bridgehead atoms. The summed E-state index contributed by atoms with van der Waals surface area (Å²) in [4.78, 5) is -3.95. The van der Waals surface area contributed by atoms with Gasteiger partial charge in [-0.15, -0.1) is 0 Å². The van der Waals surface area contributed by atoms with E-state index in [0.717, 1.165) is 48.5 Å². The molecule has 0 amide bonds. The fourth-order valence-corrected chi connectivity index (χ4v) is 12.7. The highest BCUT2D eigenvalue weighted by Crippen LogP contribution is 2.25. The summed E-state index contributed by atoms with van der Waals surface area (Å²) < 4.78 is 203. The molecule has 0 fully saturated rings. The van der Waals surface area contributed by atoms with Gasteiger partial charge in [0.2, 0.25) is 0 Å². The number of halogens is 5. The van der Waals surface area contributed by atoms with Crippen LogP contribution in [0.3, 0.4) is 0 Å². The second-order valence-electron chi connectivity index (χ2n) is 9.70. The van der Waals surface area contributed by atoms with Crippen molar-refractivity contribution in [3.05, 3.63) is 108 Å². The third-order valence-corrected chi connectivity index (χ3v) is 17.2. The Bertz CT molecular complexity index is 2430. The molecule has 0 radical (unpaired) electrons. The number of benzene rings is 4. The molecule has 0 heterocycles. The van der Waals surface area contributed by atoms with E-state index in [1.807, 2.05) is 0 Å². The third kappa shape index (κ3) is 10.3. The molecule has 50 heavy (non-hydrogen) atoms. The minimum absolute atomic E-state index is 0.306.